The summed E-state index contributed by atoms with van der Waals surface area (Å²) in [7, 11) is 1.71. The van der Waals surface area contributed by atoms with Gasteiger partial charge < -0.3 is 15.2 Å². The Morgan fingerprint density at radius 1 is 1.09 bits per heavy atom. The molecule has 1 saturated heterocycles. The van der Waals surface area contributed by atoms with Crippen molar-refractivity contribution in [1.82, 2.24) is 9.78 Å². The fraction of sp³-hybridized carbons (Fsp3) is 0.214. The maximum absolute atomic E-state index is 11.8. The fourth-order valence-corrected chi connectivity index (χ4v) is 4.61. The number of benzene rings is 3. The van der Waals surface area contributed by atoms with Gasteiger partial charge in [0.05, 0.1) is 24.7 Å². The van der Waals surface area contributed by atoms with Crippen LogP contribution in [0.3, 0.4) is 0 Å². The summed E-state index contributed by atoms with van der Waals surface area (Å²) in [4.78, 5) is 11.8. The van der Waals surface area contributed by atoms with Gasteiger partial charge in [-0.15, -0.1) is 0 Å². The molecule has 0 spiro atoms. The number of ether oxygens (including phenoxy) is 2. The molecule has 1 fully saturated rings. The molecule has 1 atom stereocenters. The van der Waals surface area contributed by atoms with E-state index in [4.69, 9.17) is 15.2 Å². The van der Waals surface area contributed by atoms with Crippen molar-refractivity contribution in [2.24, 2.45) is 11.7 Å². The van der Waals surface area contributed by atoms with E-state index in [2.05, 4.69) is 17.2 Å². The molecule has 6 heteroatoms. The molecule has 3 aromatic carbocycles. The minimum absolute atomic E-state index is 0.437. The largest absolute Gasteiger partial charge is 0.496 e. The topological polar surface area (TPSA) is 79.4 Å². The van der Waals surface area contributed by atoms with Gasteiger partial charge in [-0.1, -0.05) is 30.3 Å². The van der Waals surface area contributed by atoms with Gasteiger partial charge in [0.1, 0.15) is 5.75 Å². The summed E-state index contributed by atoms with van der Waals surface area (Å²) >= 11 is 0. The molecule has 5 rings (SSSR count). The van der Waals surface area contributed by atoms with E-state index in [9.17, 15) is 4.79 Å². The first-order valence-corrected chi connectivity index (χ1v) is 11.4. The van der Waals surface area contributed by atoms with Crippen molar-refractivity contribution in [2.45, 2.75) is 12.8 Å². The lowest BCUT2D eigenvalue weighted by Gasteiger charge is -2.15. The number of methoxy groups -OCH3 is 1. The monoisotopic (exact) mass is 453 g/mol. The molecule has 0 saturated carbocycles. The molecule has 172 valence electrons. The highest BCUT2D eigenvalue weighted by molar-refractivity contribution is 5.99. The number of carbonyl (C=O) groups is 1. The van der Waals surface area contributed by atoms with Crippen LogP contribution < -0.4 is 10.5 Å². The molecule has 34 heavy (non-hydrogen) atoms. The number of hydrogen-bond acceptors (Lipinski definition) is 4. The molecule has 2 N–H and O–H groups in total. The van der Waals surface area contributed by atoms with Crippen LogP contribution in [0, 0.1) is 5.92 Å². The third kappa shape index (κ3) is 4.32. The Labute approximate surface area is 198 Å². The van der Waals surface area contributed by atoms with Gasteiger partial charge in [-0.25, -0.2) is 4.68 Å². The summed E-state index contributed by atoms with van der Waals surface area (Å²) in [6, 6.07) is 23.7. The first-order valence-electron chi connectivity index (χ1n) is 11.4. The van der Waals surface area contributed by atoms with E-state index in [-0.39, 0.29) is 0 Å². The van der Waals surface area contributed by atoms with E-state index < -0.39 is 5.91 Å². The number of amides is 1. The maximum atomic E-state index is 11.8. The summed E-state index contributed by atoms with van der Waals surface area (Å²) in [5, 5.41) is 4.58. The van der Waals surface area contributed by atoms with Crippen molar-refractivity contribution in [1.29, 1.82) is 0 Å². The number of aromatic nitrogens is 2. The molecule has 0 aliphatic carbocycles. The SMILES string of the molecule is COc1ccc(-c2ccnn2-c2ccc(-c3ccccc3C(N)=O)cc2)cc1CC1CCOC1. The van der Waals surface area contributed by atoms with Crippen LogP contribution in [-0.2, 0) is 11.2 Å². The molecular weight excluding hydrogens is 426 g/mol. The van der Waals surface area contributed by atoms with Crippen LogP contribution >= 0.6 is 0 Å². The second kappa shape index (κ2) is 9.53. The minimum Gasteiger partial charge on any atom is -0.496 e. The normalized spacial score (nSPS) is 15.4. The number of nitrogens with zero attached hydrogens (tertiary/aromatic N) is 2. The van der Waals surface area contributed by atoms with Gasteiger partial charge >= 0.3 is 0 Å². The zero-order valence-electron chi connectivity index (χ0n) is 19.1. The zero-order valence-corrected chi connectivity index (χ0v) is 19.1. The van der Waals surface area contributed by atoms with Crippen molar-refractivity contribution in [3.05, 3.63) is 90.1 Å². The zero-order chi connectivity index (χ0) is 23.5. The van der Waals surface area contributed by atoms with Crippen LogP contribution in [-0.4, -0.2) is 36.0 Å². The van der Waals surface area contributed by atoms with Gasteiger partial charge in [0.15, 0.2) is 0 Å². The highest BCUT2D eigenvalue weighted by Crippen LogP contribution is 2.32. The van der Waals surface area contributed by atoms with Crippen LogP contribution in [0.4, 0.5) is 0 Å². The average Bonchev–Trinajstić information content (AvgIpc) is 3.56. The number of hydrogen-bond donors (Lipinski definition) is 1. The summed E-state index contributed by atoms with van der Waals surface area (Å²) in [6.45, 7) is 1.63. The Morgan fingerprint density at radius 2 is 1.88 bits per heavy atom. The van der Waals surface area contributed by atoms with E-state index in [1.807, 2.05) is 59.3 Å². The van der Waals surface area contributed by atoms with Gasteiger partial charge in [0, 0.05) is 24.3 Å². The smallest absolute Gasteiger partial charge is 0.249 e. The first-order chi connectivity index (χ1) is 16.6. The van der Waals surface area contributed by atoms with Gasteiger partial charge in [-0.05, 0) is 77.9 Å². The lowest BCUT2D eigenvalue weighted by atomic mass is 9.96. The number of primary amides is 1. The van der Waals surface area contributed by atoms with E-state index in [1.165, 1.54) is 5.56 Å². The lowest BCUT2D eigenvalue weighted by molar-refractivity contribution is 0.100. The van der Waals surface area contributed by atoms with Gasteiger partial charge in [0.2, 0.25) is 5.91 Å². The average molecular weight is 454 g/mol. The molecule has 0 bridgehead atoms. The molecule has 6 nitrogen and oxygen atoms in total. The highest BCUT2D eigenvalue weighted by atomic mass is 16.5. The van der Waals surface area contributed by atoms with Crippen molar-refractivity contribution in [3.63, 3.8) is 0 Å². The Balaban J connectivity index is 1.46. The Kier molecular flexibility index (Phi) is 6.14. The number of carbonyl (C=O) groups excluding carboxylic acids is 1. The maximum Gasteiger partial charge on any atom is 0.249 e. The Morgan fingerprint density at radius 3 is 2.62 bits per heavy atom. The summed E-state index contributed by atoms with van der Waals surface area (Å²) < 4.78 is 13.1. The second-order valence-corrected chi connectivity index (χ2v) is 8.55. The third-order valence-electron chi connectivity index (χ3n) is 6.37. The van der Waals surface area contributed by atoms with E-state index in [0.29, 0.717) is 11.5 Å². The molecule has 2 heterocycles. The minimum atomic E-state index is -0.437. The predicted octanol–water partition coefficient (Wildman–Crippen LogP) is 4.89. The number of rotatable bonds is 7. The van der Waals surface area contributed by atoms with Crippen LogP contribution in [0.5, 0.6) is 5.75 Å². The molecule has 1 amide bonds. The predicted molar refractivity (Wildman–Crippen MR) is 132 cm³/mol. The molecule has 1 aliphatic rings. The standard InChI is InChI=1S/C28H27N3O3/c1-33-27-11-8-21(17-22(27)16-19-13-15-34-18-19)26-12-14-30-31(26)23-9-6-20(7-10-23)24-4-2-3-5-25(24)28(29)32/h2-12,14,17,19H,13,15-16,18H2,1H3,(H2,29,32). The van der Waals surface area contributed by atoms with Gasteiger partial charge in [-0.2, -0.15) is 5.10 Å². The van der Waals surface area contributed by atoms with Crippen LogP contribution in [0.25, 0.3) is 28.1 Å². The van der Waals surface area contributed by atoms with Crippen molar-refractivity contribution < 1.29 is 14.3 Å². The van der Waals surface area contributed by atoms with Gasteiger partial charge in [-0.3, -0.25) is 4.79 Å². The van der Waals surface area contributed by atoms with E-state index in [1.54, 1.807) is 19.4 Å². The Hall–Kier alpha value is -3.90. The molecule has 1 aromatic heterocycles. The first kappa shape index (κ1) is 21.9. The summed E-state index contributed by atoms with van der Waals surface area (Å²) in [5.41, 5.74) is 12.0. The van der Waals surface area contributed by atoms with E-state index in [0.717, 1.165) is 59.9 Å². The van der Waals surface area contributed by atoms with Gasteiger partial charge in [0.25, 0.3) is 0 Å². The summed E-state index contributed by atoms with van der Waals surface area (Å²) in [6.07, 6.45) is 3.82. The van der Waals surface area contributed by atoms with E-state index >= 15 is 0 Å². The quantitative estimate of drug-likeness (QED) is 0.432. The summed E-state index contributed by atoms with van der Waals surface area (Å²) in [5.74, 6) is 0.984. The molecule has 4 aromatic rings. The Bertz CT molecular complexity index is 1300. The number of nitrogens with two attached hydrogens (primary N) is 1. The van der Waals surface area contributed by atoms with Crippen molar-refractivity contribution in [3.8, 4) is 33.8 Å². The molecule has 1 unspecified atom stereocenters. The lowest BCUT2D eigenvalue weighted by Crippen LogP contribution is -2.12. The fourth-order valence-electron chi connectivity index (χ4n) is 4.61. The van der Waals surface area contributed by atoms with Crippen LogP contribution in [0.1, 0.15) is 22.3 Å². The molecular formula is C28H27N3O3. The molecule has 0 radical (unpaired) electrons. The van der Waals surface area contributed by atoms with Crippen LogP contribution in [0.15, 0.2) is 79.0 Å². The van der Waals surface area contributed by atoms with Crippen molar-refractivity contribution >= 4 is 5.91 Å². The van der Waals surface area contributed by atoms with Crippen LogP contribution in [0.2, 0.25) is 0 Å². The second-order valence-electron chi connectivity index (χ2n) is 8.55. The van der Waals surface area contributed by atoms with Crippen molar-refractivity contribution in [2.75, 3.05) is 20.3 Å². The molecule has 1 aliphatic heterocycles. The highest BCUT2D eigenvalue weighted by Gasteiger charge is 2.19. The third-order valence-corrected chi connectivity index (χ3v) is 6.37.